The van der Waals surface area contributed by atoms with E-state index in [2.05, 4.69) is 12.2 Å². The number of hydrogen-bond donors (Lipinski definition) is 1. The van der Waals surface area contributed by atoms with Crippen LogP contribution in [0.25, 0.3) is 6.08 Å². The van der Waals surface area contributed by atoms with Crippen LogP contribution in [0.3, 0.4) is 0 Å². The van der Waals surface area contributed by atoms with Crippen molar-refractivity contribution in [3.8, 4) is 11.5 Å². The molecule has 2 rings (SSSR count). The average Bonchev–Trinajstić information content (AvgIpc) is 2.68. The SMILES string of the molecule is C/C=C/c1ccc(OCC(=O)NC2(C(=O)OC)CCC(C)CC2)c(OC)c1. The monoisotopic (exact) mass is 375 g/mol. The van der Waals surface area contributed by atoms with Gasteiger partial charge in [-0.1, -0.05) is 25.1 Å². The highest BCUT2D eigenvalue weighted by Gasteiger charge is 2.43. The van der Waals surface area contributed by atoms with E-state index in [1.807, 2.05) is 31.2 Å². The number of carbonyl (C=O) groups is 2. The quantitative estimate of drug-likeness (QED) is 0.740. The number of allylic oxidation sites excluding steroid dienone is 1. The summed E-state index contributed by atoms with van der Waals surface area (Å²) < 4.78 is 15.9. The third-order valence-electron chi connectivity index (χ3n) is 4.99. The van der Waals surface area contributed by atoms with Gasteiger partial charge in [0.05, 0.1) is 14.2 Å². The summed E-state index contributed by atoms with van der Waals surface area (Å²) in [5.41, 5.74) is 0.0220. The molecule has 1 amide bonds. The van der Waals surface area contributed by atoms with Crippen LogP contribution >= 0.6 is 0 Å². The highest BCUT2D eigenvalue weighted by atomic mass is 16.5. The summed E-state index contributed by atoms with van der Waals surface area (Å²) in [6.07, 6.45) is 6.78. The summed E-state index contributed by atoms with van der Waals surface area (Å²) in [4.78, 5) is 24.8. The molecule has 0 aromatic heterocycles. The zero-order chi connectivity index (χ0) is 19.9. The van der Waals surface area contributed by atoms with Crippen LogP contribution in [-0.2, 0) is 14.3 Å². The van der Waals surface area contributed by atoms with Crippen LogP contribution in [0.1, 0.15) is 45.1 Å². The van der Waals surface area contributed by atoms with E-state index in [1.54, 1.807) is 13.2 Å². The zero-order valence-electron chi connectivity index (χ0n) is 16.5. The summed E-state index contributed by atoms with van der Waals surface area (Å²) in [5, 5.41) is 2.85. The summed E-state index contributed by atoms with van der Waals surface area (Å²) in [6.45, 7) is 3.88. The first kappa shape index (κ1) is 20.8. The number of rotatable bonds is 7. The minimum absolute atomic E-state index is 0.201. The molecule has 1 aromatic rings. The molecule has 0 aliphatic heterocycles. The van der Waals surface area contributed by atoms with Gasteiger partial charge in [0, 0.05) is 0 Å². The van der Waals surface area contributed by atoms with Gasteiger partial charge in [-0.2, -0.15) is 0 Å². The van der Waals surface area contributed by atoms with Gasteiger partial charge in [0.1, 0.15) is 5.54 Å². The number of nitrogens with one attached hydrogen (secondary N) is 1. The maximum absolute atomic E-state index is 12.5. The molecule has 6 heteroatoms. The van der Waals surface area contributed by atoms with E-state index in [-0.39, 0.29) is 12.5 Å². The molecule has 0 heterocycles. The lowest BCUT2D eigenvalue weighted by Gasteiger charge is -2.37. The second kappa shape index (κ2) is 9.44. The van der Waals surface area contributed by atoms with Crippen LogP contribution in [0.5, 0.6) is 11.5 Å². The first-order chi connectivity index (χ1) is 12.9. The van der Waals surface area contributed by atoms with Crippen molar-refractivity contribution in [2.75, 3.05) is 20.8 Å². The Balaban J connectivity index is 2.03. The van der Waals surface area contributed by atoms with Crippen molar-refractivity contribution < 1.29 is 23.8 Å². The number of esters is 1. The highest BCUT2D eigenvalue weighted by Crippen LogP contribution is 2.33. The van der Waals surface area contributed by atoms with Crippen molar-refractivity contribution in [1.82, 2.24) is 5.32 Å². The Hall–Kier alpha value is -2.50. The van der Waals surface area contributed by atoms with Crippen LogP contribution in [-0.4, -0.2) is 38.2 Å². The van der Waals surface area contributed by atoms with E-state index in [9.17, 15) is 9.59 Å². The maximum Gasteiger partial charge on any atom is 0.331 e. The molecule has 0 spiro atoms. The molecule has 1 aliphatic rings. The molecule has 1 fully saturated rings. The van der Waals surface area contributed by atoms with Gasteiger partial charge in [0.25, 0.3) is 5.91 Å². The van der Waals surface area contributed by atoms with Gasteiger partial charge in [0.2, 0.25) is 0 Å². The first-order valence-electron chi connectivity index (χ1n) is 9.27. The van der Waals surface area contributed by atoms with Gasteiger partial charge >= 0.3 is 5.97 Å². The predicted molar refractivity (Wildman–Crippen MR) is 104 cm³/mol. The molecule has 0 atom stereocenters. The van der Waals surface area contributed by atoms with E-state index < -0.39 is 11.5 Å². The lowest BCUT2D eigenvalue weighted by atomic mass is 9.77. The van der Waals surface area contributed by atoms with Gasteiger partial charge in [0.15, 0.2) is 18.1 Å². The Morgan fingerprint density at radius 3 is 2.52 bits per heavy atom. The zero-order valence-corrected chi connectivity index (χ0v) is 16.5. The fraction of sp³-hybridized carbons (Fsp3) is 0.524. The van der Waals surface area contributed by atoms with E-state index in [0.717, 1.165) is 18.4 Å². The van der Waals surface area contributed by atoms with Crippen LogP contribution in [0.15, 0.2) is 24.3 Å². The van der Waals surface area contributed by atoms with Crippen LogP contribution in [0, 0.1) is 5.92 Å². The van der Waals surface area contributed by atoms with Crippen molar-refractivity contribution >= 4 is 18.0 Å². The van der Waals surface area contributed by atoms with Crippen molar-refractivity contribution in [1.29, 1.82) is 0 Å². The van der Waals surface area contributed by atoms with Crippen molar-refractivity contribution in [3.63, 3.8) is 0 Å². The van der Waals surface area contributed by atoms with Gasteiger partial charge in [-0.25, -0.2) is 4.79 Å². The summed E-state index contributed by atoms with van der Waals surface area (Å²) in [6, 6.07) is 5.49. The number of amides is 1. The van der Waals surface area contributed by atoms with Crippen LogP contribution < -0.4 is 14.8 Å². The standard InChI is InChI=1S/C21H29NO5/c1-5-6-16-7-8-17(18(13-16)25-3)27-14-19(23)22-21(20(24)26-4)11-9-15(2)10-12-21/h5-8,13,15H,9-12,14H2,1-4H3,(H,22,23)/b6-5+. The molecule has 1 aliphatic carbocycles. The normalized spacial score (nSPS) is 22.3. The van der Waals surface area contributed by atoms with E-state index >= 15 is 0 Å². The second-order valence-electron chi connectivity index (χ2n) is 7.00. The van der Waals surface area contributed by atoms with E-state index in [1.165, 1.54) is 7.11 Å². The Labute approximate surface area is 160 Å². The number of benzene rings is 1. The predicted octanol–water partition coefficient (Wildman–Crippen LogP) is 3.35. The van der Waals surface area contributed by atoms with Crippen LogP contribution in [0.2, 0.25) is 0 Å². The molecule has 6 nitrogen and oxygen atoms in total. The van der Waals surface area contributed by atoms with Crippen molar-refractivity contribution in [3.05, 3.63) is 29.8 Å². The summed E-state index contributed by atoms with van der Waals surface area (Å²) in [5.74, 6) is 0.819. The topological polar surface area (TPSA) is 73.9 Å². The molecule has 27 heavy (non-hydrogen) atoms. The molecule has 0 radical (unpaired) electrons. The van der Waals surface area contributed by atoms with Gasteiger partial charge in [-0.15, -0.1) is 0 Å². The van der Waals surface area contributed by atoms with E-state index in [0.29, 0.717) is 30.3 Å². The van der Waals surface area contributed by atoms with E-state index in [4.69, 9.17) is 14.2 Å². The smallest absolute Gasteiger partial charge is 0.331 e. The Morgan fingerprint density at radius 1 is 1.22 bits per heavy atom. The lowest BCUT2D eigenvalue weighted by molar-refractivity contribution is -0.153. The summed E-state index contributed by atoms with van der Waals surface area (Å²) in [7, 11) is 2.90. The lowest BCUT2D eigenvalue weighted by Crippen LogP contribution is -2.57. The van der Waals surface area contributed by atoms with Gasteiger partial charge in [-0.05, 0) is 56.2 Å². The van der Waals surface area contributed by atoms with Crippen molar-refractivity contribution in [2.45, 2.75) is 45.1 Å². The minimum Gasteiger partial charge on any atom is -0.493 e. The number of ether oxygens (including phenoxy) is 3. The molecule has 0 unspecified atom stereocenters. The largest absolute Gasteiger partial charge is 0.493 e. The third-order valence-corrected chi connectivity index (χ3v) is 4.99. The van der Waals surface area contributed by atoms with Crippen LogP contribution in [0.4, 0.5) is 0 Å². The Bertz CT molecular complexity index is 690. The van der Waals surface area contributed by atoms with Gasteiger partial charge in [-0.3, -0.25) is 4.79 Å². The molecule has 148 valence electrons. The average molecular weight is 375 g/mol. The molecular weight excluding hydrogens is 346 g/mol. The van der Waals surface area contributed by atoms with Crippen molar-refractivity contribution in [2.24, 2.45) is 5.92 Å². The Kier molecular flexibility index (Phi) is 7.28. The Morgan fingerprint density at radius 2 is 1.93 bits per heavy atom. The number of hydrogen-bond acceptors (Lipinski definition) is 5. The molecular formula is C21H29NO5. The molecule has 1 aromatic carbocycles. The summed E-state index contributed by atoms with van der Waals surface area (Å²) >= 11 is 0. The number of carbonyl (C=O) groups excluding carboxylic acids is 2. The maximum atomic E-state index is 12.5. The third kappa shape index (κ3) is 5.25. The molecule has 1 N–H and O–H groups in total. The molecule has 1 saturated carbocycles. The fourth-order valence-corrected chi connectivity index (χ4v) is 3.38. The fourth-order valence-electron chi connectivity index (χ4n) is 3.38. The van der Waals surface area contributed by atoms with Gasteiger partial charge < -0.3 is 19.5 Å². The second-order valence-corrected chi connectivity index (χ2v) is 7.00. The molecule has 0 bridgehead atoms. The first-order valence-corrected chi connectivity index (χ1v) is 9.27. The number of methoxy groups -OCH3 is 2. The molecule has 0 saturated heterocycles. The minimum atomic E-state index is -0.957. The highest BCUT2D eigenvalue weighted by molar-refractivity contribution is 5.88.